The zero-order valence-corrected chi connectivity index (χ0v) is 8.47. The number of alkyl halides is 3. The van der Waals surface area contributed by atoms with Crippen molar-refractivity contribution >= 4 is 0 Å². The molecule has 0 aliphatic carbocycles. The molecule has 0 radical (unpaired) electrons. The third-order valence-corrected chi connectivity index (χ3v) is 1.75. The van der Waals surface area contributed by atoms with Gasteiger partial charge in [0.1, 0.15) is 5.69 Å². The van der Waals surface area contributed by atoms with E-state index in [0.717, 1.165) is 12.3 Å². The van der Waals surface area contributed by atoms with Gasteiger partial charge >= 0.3 is 6.18 Å². The molecule has 5 heteroatoms. The van der Waals surface area contributed by atoms with Crippen LogP contribution in [0.4, 0.5) is 13.2 Å². The molecular weight excluding hydrogens is 207 g/mol. The maximum atomic E-state index is 12.1. The minimum atomic E-state index is -4.41. The van der Waals surface area contributed by atoms with Crippen LogP contribution in [0.5, 0.6) is 0 Å². The molecule has 0 spiro atoms. The lowest BCUT2D eigenvalue weighted by atomic mass is 10.00. The van der Waals surface area contributed by atoms with E-state index in [0.29, 0.717) is 5.56 Å². The second-order valence-electron chi connectivity index (χ2n) is 4.04. The van der Waals surface area contributed by atoms with Crippen molar-refractivity contribution in [2.75, 3.05) is 0 Å². The van der Waals surface area contributed by atoms with Gasteiger partial charge in [0.25, 0.3) is 0 Å². The fourth-order valence-corrected chi connectivity index (χ4v) is 1.20. The minimum absolute atomic E-state index is 0.276. The van der Waals surface area contributed by atoms with Gasteiger partial charge in [-0.15, -0.1) is 0 Å². The summed E-state index contributed by atoms with van der Waals surface area (Å²) in [5.41, 5.74) is -1.28. The topological polar surface area (TPSA) is 33.1 Å². The highest BCUT2D eigenvalue weighted by Gasteiger charge is 2.32. The summed E-state index contributed by atoms with van der Waals surface area (Å²) in [7, 11) is 0. The van der Waals surface area contributed by atoms with E-state index in [9.17, 15) is 18.3 Å². The predicted molar refractivity (Wildman–Crippen MR) is 49.2 cm³/mol. The Kier molecular flexibility index (Phi) is 3.04. The Bertz CT molecular complexity index is 324. The van der Waals surface area contributed by atoms with Crippen molar-refractivity contribution in [1.82, 2.24) is 4.98 Å². The van der Waals surface area contributed by atoms with Crippen molar-refractivity contribution in [3.63, 3.8) is 0 Å². The number of halogens is 3. The van der Waals surface area contributed by atoms with Crippen LogP contribution in [-0.4, -0.2) is 15.7 Å². The van der Waals surface area contributed by atoms with Crippen LogP contribution in [0.1, 0.15) is 25.1 Å². The standard InChI is InChI=1S/C10H12F3NO/c1-9(2,15)5-7-3-4-8(14-6-7)10(11,12)13/h3-4,6,15H,5H2,1-2H3. The molecule has 2 nitrogen and oxygen atoms in total. The smallest absolute Gasteiger partial charge is 0.390 e. The van der Waals surface area contributed by atoms with Gasteiger partial charge in [-0.1, -0.05) is 6.07 Å². The highest BCUT2D eigenvalue weighted by atomic mass is 19.4. The van der Waals surface area contributed by atoms with Gasteiger partial charge in [0, 0.05) is 12.6 Å². The molecule has 0 unspecified atom stereocenters. The van der Waals surface area contributed by atoms with E-state index < -0.39 is 17.5 Å². The summed E-state index contributed by atoms with van der Waals surface area (Å²) in [6, 6.07) is 2.24. The Balaban J connectivity index is 2.82. The van der Waals surface area contributed by atoms with Crippen molar-refractivity contribution in [3.8, 4) is 0 Å². The lowest BCUT2D eigenvalue weighted by Gasteiger charge is -2.16. The number of rotatable bonds is 2. The second-order valence-corrected chi connectivity index (χ2v) is 4.04. The number of pyridine rings is 1. The Hall–Kier alpha value is -1.10. The summed E-state index contributed by atoms with van der Waals surface area (Å²) in [5.74, 6) is 0. The number of nitrogens with zero attached hydrogens (tertiary/aromatic N) is 1. The molecule has 0 amide bonds. The summed E-state index contributed by atoms with van der Waals surface area (Å²) >= 11 is 0. The highest BCUT2D eigenvalue weighted by Crippen LogP contribution is 2.27. The normalized spacial score (nSPS) is 12.9. The summed E-state index contributed by atoms with van der Waals surface area (Å²) in [6.45, 7) is 3.18. The SMILES string of the molecule is CC(C)(O)Cc1ccc(C(F)(F)F)nc1. The first-order valence-electron chi connectivity index (χ1n) is 4.43. The van der Waals surface area contributed by atoms with Crippen LogP contribution >= 0.6 is 0 Å². The molecule has 1 aromatic rings. The summed E-state index contributed by atoms with van der Waals surface area (Å²) < 4.78 is 36.4. The van der Waals surface area contributed by atoms with E-state index in [-0.39, 0.29) is 6.42 Å². The fourth-order valence-electron chi connectivity index (χ4n) is 1.20. The molecule has 0 aliphatic rings. The fraction of sp³-hybridized carbons (Fsp3) is 0.500. The summed E-state index contributed by atoms with van der Waals surface area (Å²) in [4.78, 5) is 3.30. The summed E-state index contributed by atoms with van der Waals surface area (Å²) in [5, 5.41) is 9.45. The average molecular weight is 219 g/mol. The zero-order valence-electron chi connectivity index (χ0n) is 8.47. The predicted octanol–water partition coefficient (Wildman–Crippen LogP) is 2.41. The second kappa shape index (κ2) is 3.81. The molecule has 1 rings (SSSR count). The van der Waals surface area contributed by atoms with Crippen molar-refractivity contribution < 1.29 is 18.3 Å². The van der Waals surface area contributed by atoms with Gasteiger partial charge in [-0.25, -0.2) is 0 Å². The Labute approximate surface area is 85.8 Å². The van der Waals surface area contributed by atoms with Gasteiger partial charge < -0.3 is 5.11 Å². The van der Waals surface area contributed by atoms with Gasteiger partial charge in [-0.3, -0.25) is 4.98 Å². The zero-order chi connectivity index (χ0) is 11.7. The van der Waals surface area contributed by atoms with Crippen molar-refractivity contribution in [2.45, 2.75) is 32.0 Å². The van der Waals surface area contributed by atoms with Gasteiger partial charge in [0.2, 0.25) is 0 Å². The third kappa shape index (κ3) is 3.87. The van der Waals surface area contributed by atoms with E-state index in [1.807, 2.05) is 0 Å². The molecule has 1 heterocycles. The number of aliphatic hydroxyl groups is 1. The number of hydrogen-bond acceptors (Lipinski definition) is 2. The van der Waals surface area contributed by atoms with Crippen LogP contribution in [-0.2, 0) is 12.6 Å². The molecule has 0 aromatic carbocycles. The molecule has 0 aliphatic heterocycles. The van der Waals surface area contributed by atoms with Crippen LogP contribution in [0, 0.1) is 0 Å². The monoisotopic (exact) mass is 219 g/mol. The maximum Gasteiger partial charge on any atom is 0.433 e. The Morgan fingerprint density at radius 1 is 1.27 bits per heavy atom. The van der Waals surface area contributed by atoms with Gasteiger partial charge in [0.15, 0.2) is 0 Å². The van der Waals surface area contributed by atoms with Gasteiger partial charge in [0.05, 0.1) is 5.60 Å². The largest absolute Gasteiger partial charge is 0.433 e. The molecular formula is C10H12F3NO. The van der Waals surface area contributed by atoms with Crippen molar-refractivity contribution in [2.24, 2.45) is 0 Å². The van der Waals surface area contributed by atoms with E-state index >= 15 is 0 Å². The first kappa shape index (κ1) is 12.0. The van der Waals surface area contributed by atoms with E-state index in [4.69, 9.17) is 0 Å². The maximum absolute atomic E-state index is 12.1. The minimum Gasteiger partial charge on any atom is -0.390 e. The highest BCUT2D eigenvalue weighted by molar-refractivity contribution is 5.17. The molecule has 0 atom stereocenters. The Morgan fingerprint density at radius 3 is 2.20 bits per heavy atom. The molecule has 15 heavy (non-hydrogen) atoms. The van der Waals surface area contributed by atoms with E-state index in [1.165, 1.54) is 6.07 Å². The van der Waals surface area contributed by atoms with Gasteiger partial charge in [-0.2, -0.15) is 13.2 Å². The summed E-state index contributed by atoms with van der Waals surface area (Å²) in [6.07, 6.45) is -2.99. The molecule has 0 saturated carbocycles. The van der Waals surface area contributed by atoms with E-state index in [2.05, 4.69) is 4.98 Å². The van der Waals surface area contributed by atoms with Crippen LogP contribution in [0.15, 0.2) is 18.3 Å². The van der Waals surface area contributed by atoms with Gasteiger partial charge in [-0.05, 0) is 25.5 Å². The first-order valence-corrected chi connectivity index (χ1v) is 4.43. The van der Waals surface area contributed by atoms with Crippen LogP contribution < -0.4 is 0 Å². The molecule has 0 fully saturated rings. The Morgan fingerprint density at radius 2 is 1.87 bits per heavy atom. The number of aromatic nitrogens is 1. The van der Waals surface area contributed by atoms with Crippen molar-refractivity contribution in [3.05, 3.63) is 29.6 Å². The molecule has 84 valence electrons. The average Bonchev–Trinajstić information content (AvgIpc) is 2.00. The van der Waals surface area contributed by atoms with Crippen molar-refractivity contribution in [1.29, 1.82) is 0 Å². The molecule has 1 N–H and O–H groups in total. The number of hydrogen-bond donors (Lipinski definition) is 1. The molecule has 1 aromatic heterocycles. The van der Waals surface area contributed by atoms with Crippen LogP contribution in [0.3, 0.4) is 0 Å². The molecule has 0 bridgehead atoms. The first-order chi connectivity index (χ1) is 6.68. The van der Waals surface area contributed by atoms with Crippen LogP contribution in [0.25, 0.3) is 0 Å². The van der Waals surface area contributed by atoms with Crippen LogP contribution in [0.2, 0.25) is 0 Å². The quantitative estimate of drug-likeness (QED) is 0.828. The lowest BCUT2D eigenvalue weighted by molar-refractivity contribution is -0.141. The lowest BCUT2D eigenvalue weighted by Crippen LogP contribution is -2.22. The molecule has 0 saturated heterocycles. The van der Waals surface area contributed by atoms with E-state index in [1.54, 1.807) is 13.8 Å². The third-order valence-electron chi connectivity index (χ3n) is 1.75.